The molecule has 0 radical (unpaired) electrons. The zero-order valence-corrected chi connectivity index (χ0v) is 5.08. The summed E-state index contributed by atoms with van der Waals surface area (Å²) in [5.41, 5.74) is 0. The van der Waals surface area contributed by atoms with Crippen molar-refractivity contribution in [2.45, 2.75) is 725 Å². The maximum Gasteiger partial charge on any atom is 0.163 e. The van der Waals surface area contributed by atoms with Crippen molar-refractivity contribution in [1.82, 2.24) is 0 Å². The molecule has 0 aromatic rings. The van der Waals surface area contributed by atoms with Gasteiger partial charge in [-0.3, -0.25) is 0 Å². The van der Waals surface area contributed by atoms with E-state index in [4.69, 9.17) is 33.4 Å². The smallest absolute Gasteiger partial charge is 0.163 e. The quantitative estimate of drug-likeness (QED) is 0.271. The third-order valence-electron chi connectivity index (χ3n) is 0.463. The van der Waals surface area contributed by atoms with Crippen LogP contribution in [0.1, 0.15) is 720 Å². The lowest BCUT2D eigenvalue weighted by molar-refractivity contribution is 0.208. The van der Waals surface area contributed by atoms with Gasteiger partial charge in [0.25, 0.3) is 0 Å². The minimum absolute atomic E-state index is 0. The summed E-state index contributed by atoms with van der Waals surface area (Å²) >= 11 is 10.3. The van der Waals surface area contributed by atoms with E-state index in [1.165, 1.54) is 0 Å². The average Bonchev–Trinajstić information content (AvgIpc) is 1.68. The van der Waals surface area contributed by atoms with Crippen LogP contribution in [-0.4, -0.2) is 27.8 Å². The Kier molecular flexibility index (Phi) is 3830000. The normalized spacial score (nSPS) is 0.808. The van der Waals surface area contributed by atoms with Gasteiger partial charge in [0.2, 0.25) is 0 Å². The summed E-state index contributed by atoms with van der Waals surface area (Å²) in [6.07, 6.45) is 0. The van der Waals surface area contributed by atoms with Crippen LogP contribution in [0.4, 0.5) is 0 Å². The van der Waals surface area contributed by atoms with E-state index in [0.29, 0.717) is 0 Å². The van der Waals surface area contributed by atoms with Crippen LogP contribution in [0.2, 0.25) is 0 Å². The van der Waals surface area contributed by atoms with Gasteiger partial charge in [-0.2, -0.15) is 0 Å². The molecule has 820 valence electrons. The first kappa shape index (κ1) is 26500. The molecule has 0 aliphatic heterocycles. The van der Waals surface area contributed by atoms with Gasteiger partial charge in [-0.05, 0) is 0 Å². The van der Waals surface area contributed by atoms with Crippen molar-refractivity contribution in [2.75, 3.05) is 13.2 Å². The topological polar surface area (TPSA) is 40.5 Å². The maximum absolute atomic E-state index is 8.17. The molecule has 0 spiro atoms. The van der Waals surface area contributed by atoms with Crippen LogP contribution >= 0.6 is 23.2 Å². The first-order valence-electron chi connectivity index (χ1n) is 1.72. The van der Waals surface area contributed by atoms with Gasteiger partial charge in [0.1, 0.15) is 0 Å². The van der Waals surface area contributed by atoms with Gasteiger partial charge < -0.3 is 10.2 Å². The molecule has 0 atom stereocenters. The number of halogens is 2. The number of aliphatic hydroxyl groups excluding tert-OH is 2. The molecule has 0 fully saturated rings. The number of rotatable bonds is 2. The summed E-state index contributed by atoms with van der Waals surface area (Å²) in [5, 5.41) is 16.3. The Labute approximate surface area is 767 Å². The third kappa shape index (κ3) is 25000. The Morgan fingerprint density at radius 1 is 0.0865 bits per heavy atom. The highest BCUT2D eigenvalue weighted by Crippen LogP contribution is 2.17. The minimum atomic E-state index is -1.36. The molecule has 0 aromatic carbocycles. The van der Waals surface area contributed by atoms with Gasteiger partial charge in [-0.1, -0.05) is 744 Å². The molecule has 0 amide bonds. The van der Waals surface area contributed by atoms with Gasteiger partial charge in [-0.25, -0.2) is 0 Å². The second-order valence-electron chi connectivity index (χ2n) is 1.17. The Morgan fingerprint density at radius 2 is 0.106 bits per heavy atom. The molecule has 4 heteroatoms. The summed E-state index contributed by atoms with van der Waals surface area (Å²) in [6.45, 7) is -0.848. The first-order chi connectivity index (χ1) is 3.12. The predicted molar refractivity (Wildman–Crippen MR) is 682 cm³/mol. The molecule has 0 rings (SSSR count). The number of alkyl halides is 2. The minimum Gasteiger partial charge on any atom is -0.393 e. The van der Waals surface area contributed by atoms with E-state index in [2.05, 4.69) is 0 Å². The predicted octanol–water partition coefficient (Wildman–Crippen LogP) is 61.8. The van der Waals surface area contributed by atoms with Crippen molar-refractivity contribution >= 4 is 23.2 Å². The van der Waals surface area contributed by atoms with Crippen molar-refractivity contribution in [3.63, 3.8) is 0 Å². The van der Waals surface area contributed by atoms with E-state index >= 15 is 0 Å². The first-order valence-corrected chi connectivity index (χ1v) is 2.47. The standard InChI is InChI=1S/C3H6Cl2O2.97CH4/c4-3(5,1-6)2-7;;;;;;;;;;;;;;;;;;;;;;;;;;;;;;;;;;;;;;;;;;;;;;;;;;;;;;;;;;;;;;;;;;;;;;;;;;;;;;;;;;;;;;;;;;;;;;;;;/h6-7H,1-2H2;97*1H4. The summed E-state index contributed by atoms with van der Waals surface area (Å²) in [6, 6.07) is 0. The Balaban J connectivity index is -0.0000000000387. The summed E-state index contributed by atoms with van der Waals surface area (Å²) in [5.74, 6) is 0. The Bertz CT molecular complexity index is 66.5. The Morgan fingerprint density at radius 3 is 0.106 bits per heavy atom. The van der Waals surface area contributed by atoms with Gasteiger partial charge in [-0.15, -0.1) is 0 Å². The molecule has 0 heterocycles. The van der Waals surface area contributed by atoms with E-state index < -0.39 is 17.5 Å². The second-order valence-corrected chi connectivity index (χ2v) is 2.81. The van der Waals surface area contributed by atoms with Crippen molar-refractivity contribution in [1.29, 1.82) is 0 Å². The number of hydrogen-bond acceptors (Lipinski definition) is 2. The molecular formula is C100H394Cl2O2. The molecular weight excluding hydrogens is 1300 g/mol. The lowest BCUT2D eigenvalue weighted by Crippen LogP contribution is -2.22. The zero-order chi connectivity index (χ0) is 5.91. The number of hydrogen-bond donors (Lipinski definition) is 2. The third-order valence-corrected chi connectivity index (χ3v) is 0.941. The van der Waals surface area contributed by atoms with E-state index in [-0.39, 0.29) is 720 Å². The largest absolute Gasteiger partial charge is 0.393 e. The maximum atomic E-state index is 8.17. The highest BCUT2D eigenvalue weighted by molar-refractivity contribution is 6.48. The highest BCUT2D eigenvalue weighted by Gasteiger charge is 2.20. The second kappa shape index (κ2) is 15100. The van der Waals surface area contributed by atoms with Crippen LogP contribution < -0.4 is 0 Å². The van der Waals surface area contributed by atoms with Gasteiger partial charge in [0.15, 0.2) is 4.33 Å². The van der Waals surface area contributed by atoms with E-state index in [9.17, 15) is 0 Å². The van der Waals surface area contributed by atoms with Crippen LogP contribution in [0.15, 0.2) is 0 Å². The van der Waals surface area contributed by atoms with Crippen LogP contribution in [0.3, 0.4) is 0 Å². The highest BCUT2D eigenvalue weighted by atomic mass is 35.5. The fraction of sp³-hybridized carbons (Fsp3) is 1.00. The van der Waals surface area contributed by atoms with Gasteiger partial charge in [0.05, 0.1) is 13.2 Å². The van der Waals surface area contributed by atoms with E-state index in [1.807, 2.05) is 0 Å². The van der Waals surface area contributed by atoms with Crippen LogP contribution in [-0.2, 0) is 0 Å². The van der Waals surface area contributed by atoms with Crippen molar-refractivity contribution in [2.24, 2.45) is 0 Å². The van der Waals surface area contributed by atoms with Crippen molar-refractivity contribution in [3.05, 3.63) is 0 Å². The molecule has 0 aliphatic carbocycles. The molecule has 0 aliphatic rings. The van der Waals surface area contributed by atoms with Crippen LogP contribution in [0.5, 0.6) is 0 Å². The molecule has 2 nitrogen and oxygen atoms in total. The molecule has 0 unspecified atom stereocenters. The summed E-state index contributed by atoms with van der Waals surface area (Å²) in [4.78, 5) is 0. The molecule has 0 bridgehead atoms. The Hall–Kier alpha value is 0.500. The zero-order valence-electron chi connectivity index (χ0n) is 3.56. The SMILES string of the molecule is C.C.C.C.C.C.C.C.C.C.C.C.C.C.C.C.C.C.C.C.C.C.C.C.C.C.C.C.C.C.C.C.C.C.C.C.C.C.C.C.C.C.C.C.C.C.C.C.C.C.C.C.C.C.C.C.C.C.C.C.C.C.C.C.C.C.C.C.C.C.C.C.C.C.C.C.C.C.C.C.C.C.C.C.C.C.C.C.C.C.C.C.C.C.C.C.C.OCC(Cl)(Cl)CO. The van der Waals surface area contributed by atoms with Crippen LogP contribution in [0, 0.1) is 0 Å². The van der Waals surface area contributed by atoms with Gasteiger partial charge in [0, 0.05) is 0 Å². The summed E-state index contributed by atoms with van der Waals surface area (Å²) < 4.78 is -1.36. The number of aliphatic hydroxyl groups is 2. The molecule has 104 heavy (non-hydrogen) atoms. The monoisotopic (exact) mass is 1700 g/mol. The molecule has 0 saturated heterocycles. The fourth-order valence-corrected chi connectivity index (χ4v) is 0.0500. The van der Waals surface area contributed by atoms with Crippen molar-refractivity contribution in [3.8, 4) is 0 Å². The molecule has 0 aromatic heterocycles. The molecule has 2 N–H and O–H groups in total. The lowest BCUT2D eigenvalue weighted by atomic mass is 10.5. The molecule has 0 saturated carbocycles. The average molecular weight is 1700 g/mol. The van der Waals surface area contributed by atoms with Gasteiger partial charge >= 0.3 is 0 Å². The van der Waals surface area contributed by atoms with E-state index in [1.54, 1.807) is 0 Å². The van der Waals surface area contributed by atoms with Crippen LogP contribution in [0.25, 0.3) is 0 Å². The van der Waals surface area contributed by atoms with Crippen molar-refractivity contribution < 1.29 is 10.2 Å². The fourth-order valence-electron chi connectivity index (χ4n) is 0.0500. The van der Waals surface area contributed by atoms with E-state index in [0.717, 1.165) is 0 Å². The summed E-state index contributed by atoms with van der Waals surface area (Å²) in [7, 11) is 0. The lowest BCUT2D eigenvalue weighted by Gasteiger charge is -2.10.